The van der Waals surface area contributed by atoms with Gasteiger partial charge in [-0.1, -0.05) is 11.8 Å². The summed E-state index contributed by atoms with van der Waals surface area (Å²) in [5, 5.41) is 0.516. The summed E-state index contributed by atoms with van der Waals surface area (Å²) in [7, 11) is 0. The fraction of sp³-hybridized carbons (Fsp3) is 0.0909. The topological polar surface area (TPSA) is 63.8 Å². The van der Waals surface area contributed by atoms with E-state index in [-0.39, 0.29) is 10.8 Å². The van der Waals surface area contributed by atoms with Gasteiger partial charge in [0.1, 0.15) is 16.7 Å². The normalized spacial score (nSPS) is 10.4. The molecule has 94 valence electrons. The fourth-order valence-electron chi connectivity index (χ4n) is 1.26. The molecule has 0 aliphatic rings. The van der Waals surface area contributed by atoms with Gasteiger partial charge in [0.25, 0.3) is 0 Å². The molecule has 0 spiro atoms. The first-order chi connectivity index (χ1) is 8.60. The molecule has 0 fully saturated rings. The number of aromatic nitrogens is 2. The van der Waals surface area contributed by atoms with E-state index >= 15 is 0 Å². The molecule has 3 N–H and O–H groups in total. The zero-order valence-corrected chi connectivity index (χ0v) is 10.3. The maximum atomic E-state index is 13.5. The minimum atomic E-state index is -0.498. The third-order valence-electron chi connectivity index (χ3n) is 2.15. The van der Waals surface area contributed by atoms with Gasteiger partial charge in [-0.3, -0.25) is 5.43 Å². The van der Waals surface area contributed by atoms with Crippen LogP contribution in [0, 0.1) is 18.6 Å². The number of nitrogens with two attached hydrogens (primary N) is 1. The summed E-state index contributed by atoms with van der Waals surface area (Å²) in [6.07, 6.45) is 1.56. The fourth-order valence-corrected chi connectivity index (χ4v) is 2.15. The highest BCUT2D eigenvalue weighted by atomic mass is 32.2. The van der Waals surface area contributed by atoms with E-state index in [9.17, 15) is 8.78 Å². The first-order valence-corrected chi connectivity index (χ1v) is 5.85. The average molecular weight is 268 g/mol. The van der Waals surface area contributed by atoms with Gasteiger partial charge < -0.3 is 0 Å². The Morgan fingerprint density at radius 2 is 2.11 bits per heavy atom. The second kappa shape index (κ2) is 5.28. The van der Waals surface area contributed by atoms with Gasteiger partial charge in [0.2, 0.25) is 5.95 Å². The van der Waals surface area contributed by atoms with Gasteiger partial charge in [-0.2, -0.15) is 0 Å². The van der Waals surface area contributed by atoms with Crippen LogP contribution in [0.4, 0.5) is 14.7 Å². The molecule has 0 radical (unpaired) electrons. The molecule has 4 nitrogen and oxygen atoms in total. The molecule has 2 aromatic rings. The van der Waals surface area contributed by atoms with Gasteiger partial charge in [0.05, 0.1) is 4.90 Å². The van der Waals surface area contributed by atoms with E-state index in [4.69, 9.17) is 5.84 Å². The standard InChI is InChI=1S/C11H10F2N4S/c1-6-5-15-11(17-14)16-10(6)18-9-4-7(12)2-3-8(9)13/h2-5H,14H2,1H3,(H,15,16,17). The number of hydrogen-bond donors (Lipinski definition) is 2. The lowest BCUT2D eigenvalue weighted by molar-refractivity contribution is 0.577. The Balaban J connectivity index is 2.36. The van der Waals surface area contributed by atoms with Crippen LogP contribution in [0.15, 0.2) is 34.3 Å². The number of nitrogen functional groups attached to an aromatic ring is 1. The van der Waals surface area contributed by atoms with Crippen LogP contribution in [-0.4, -0.2) is 9.97 Å². The van der Waals surface area contributed by atoms with E-state index in [0.29, 0.717) is 5.03 Å². The van der Waals surface area contributed by atoms with Gasteiger partial charge in [-0.25, -0.2) is 24.6 Å². The number of nitrogens with one attached hydrogen (secondary N) is 1. The van der Waals surface area contributed by atoms with Crippen molar-refractivity contribution in [2.45, 2.75) is 16.8 Å². The van der Waals surface area contributed by atoms with E-state index in [1.165, 1.54) is 0 Å². The summed E-state index contributed by atoms with van der Waals surface area (Å²) >= 11 is 1.02. The van der Waals surface area contributed by atoms with Crippen LogP contribution in [0.5, 0.6) is 0 Å². The number of nitrogens with zero attached hydrogens (tertiary/aromatic N) is 2. The summed E-state index contributed by atoms with van der Waals surface area (Å²) in [6, 6.07) is 3.27. The molecule has 18 heavy (non-hydrogen) atoms. The van der Waals surface area contributed by atoms with Crippen LogP contribution in [0.3, 0.4) is 0 Å². The van der Waals surface area contributed by atoms with Crippen molar-refractivity contribution >= 4 is 17.7 Å². The highest BCUT2D eigenvalue weighted by Crippen LogP contribution is 2.31. The van der Waals surface area contributed by atoms with Gasteiger partial charge in [0, 0.05) is 11.8 Å². The number of rotatable bonds is 3. The molecule has 1 aromatic carbocycles. The number of hydrogen-bond acceptors (Lipinski definition) is 5. The summed E-state index contributed by atoms with van der Waals surface area (Å²) < 4.78 is 26.5. The monoisotopic (exact) mass is 268 g/mol. The van der Waals surface area contributed by atoms with Crippen LogP contribution in [0.1, 0.15) is 5.56 Å². The van der Waals surface area contributed by atoms with Gasteiger partial charge in [0.15, 0.2) is 0 Å². The molecule has 7 heteroatoms. The molecule has 0 aliphatic heterocycles. The van der Waals surface area contributed by atoms with Crippen LogP contribution >= 0.6 is 11.8 Å². The summed E-state index contributed by atoms with van der Waals surface area (Å²) in [4.78, 5) is 8.16. The highest BCUT2D eigenvalue weighted by molar-refractivity contribution is 7.99. The molecule has 0 saturated carbocycles. The lowest BCUT2D eigenvalue weighted by Gasteiger charge is -2.07. The Morgan fingerprint density at radius 1 is 1.33 bits per heavy atom. The van der Waals surface area contributed by atoms with E-state index in [0.717, 1.165) is 35.5 Å². The van der Waals surface area contributed by atoms with Crippen LogP contribution in [0.2, 0.25) is 0 Å². The lowest BCUT2D eigenvalue weighted by atomic mass is 10.3. The Morgan fingerprint density at radius 3 is 2.83 bits per heavy atom. The first-order valence-electron chi connectivity index (χ1n) is 5.03. The SMILES string of the molecule is Cc1cnc(NN)nc1Sc1cc(F)ccc1F. The maximum Gasteiger partial charge on any atom is 0.238 e. The molecule has 1 aromatic heterocycles. The average Bonchev–Trinajstić information content (AvgIpc) is 2.36. The summed E-state index contributed by atoms with van der Waals surface area (Å²) in [5.74, 6) is 4.42. The number of hydrazine groups is 1. The quantitative estimate of drug-likeness (QED) is 0.508. The highest BCUT2D eigenvalue weighted by Gasteiger charge is 2.10. The molecule has 0 amide bonds. The van der Waals surface area contributed by atoms with Crippen molar-refractivity contribution in [3.05, 3.63) is 41.6 Å². The van der Waals surface area contributed by atoms with Crippen molar-refractivity contribution in [3.63, 3.8) is 0 Å². The van der Waals surface area contributed by atoms with Crippen LogP contribution in [-0.2, 0) is 0 Å². The van der Waals surface area contributed by atoms with Crippen LogP contribution in [0.25, 0.3) is 0 Å². The predicted octanol–water partition coefficient (Wildman–Crippen LogP) is 2.50. The Kier molecular flexibility index (Phi) is 3.73. The van der Waals surface area contributed by atoms with Gasteiger partial charge >= 0.3 is 0 Å². The van der Waals surface area contributed by atoms with Crippen molar-refractivity contribution in [3.8, 4) is 0 Å². The van der Waals surface area contributed by atoms with E-state index in [1.54, 1.807) is 13.1 Å². The van der Waals surface area contributed by atoms with Crippen molar-refractivity contribution in [2.75, 3.05) is 5.43 Å². The molecule has 0 aliphatic carbocycles. The third-order valence-corrected chi connectivity index (χ3v) is 3.29. The summed E-state index contributed by atoms with van der Waals surface area (Å²) in [6.45, 7) is 1.78. The molecule has 0 saturated heterocycles. The van der Waals surface area contributed by atoms with Crippen molar-refractivity contribution in [1.29, 1.82) is 0 Å². The Labute approximate surface area is 107 Å². The van der Waals surface area contributed by atoms with E-state index < -0.39 is 11.6 Å². The lowest BCUT2D eigenvalue weighted by Crippen LogP contribution is -2.10. The van der Waals surface area contributed by atoms with Crippen molar-refractivity contribution in [2.24, 2.45) is 5.84 Å². The Hall–Kier alpha value is -1.73. The minimum absolute atomic E-state index is 0.166. The third kappa shape index (κ3) is 2.74. The zero-order chi connectivity index (χ0) is 13.1. The number of halogens is 2. The molecular weight excluding hydrogens is 258 g/mol. The van der Waals surface area contributed by atoms with Crippen molar-refractivity contribution < 1.29 is 8.78 Å². The molecule has 0 bridgehead atoms. The molecule has 0 unspecified atom stereocenters. The van der Waals surface area contributed by atoms with Gasteiger partial charge in [-0.15, -0.1) is 0 Å². The molecule has 0 atom stereocenters. The number of aryl methyl sites for hydroxylation is 1. The van der Waals surface area contributed by atoms with Gasteiger partial charge in [-0.05, 0) is 25.1 Å². The van der Waals surface area contributed by atoms with E-state index in [1.807, 2.05) is 0 Å². The van der Waals surface area contributed by atoms with Crippen LogP contribution < -0.4 is 11.3 Å². The second-order valence-corrected chi connectivity index (χ2v) is 4.53. The largest absolute Gasteiger partial charge is 0.292 e. The summed E-state index contributed by atoms with van der Waals surface area (Å²) in [5.41, 5.74) is 3.06. The molecule has 1 heterocycles. The van der Waals surface area contributed by atoms with E-state index in [2.05, 4.69) is 15.4 Å². The smallest absolute Gasteiger partial charge is 0.238 e. The first kappa shape index (κ1) is 12.7. The van der Waals surface area contributed by atoms with Crippen molar-refractivity contribution in [1.82, 2.24) is 9.97 Å². The number of benzene rings is 1. The molecule has 2 rings (SSSR count). The Bertz CT molecular complexity index is 577. The zero-order valence-electron chi connectivity index (χ0n) is 9.45. The number of anilines is 1. The second-order valence-electron chi connectivity index (χ2n) is 3.50. The minimum Gasteiger partial charge on any atom is -0.292 e. The predicted molar refractivity (Wildman–Crippen MR) is 65.1 cm³/mol. The molecular formula is C11H10F2N4S. The maximum absolute atomic E-state index is 13.5.